The van der Waals surface area contributed by atoms with Crippen molar-refractivity contribution in [3.8, 4) is 0 Å². The number of likely N-dealkylation sites (tertiary alicyclic amines) is 1. The highest BCUT2D eigenvalue weighted by molar-refractivity contribution is 6.33. The average molecular weight is 295 g/mol. The molecule has 3 heterocycles. The number of hydrogen-bond donors (Lipinski definition) is 0. The molecule has 1 atom stereocenters. The Hall–Kier alpha value is -1.82. The summed E-state index contributed by atoms with van der Waals surface area (Å²) in [4.78, 5) is 14.3. The number of rotatable bonds is 2. The molecule has 20 heavy (non-hydrogen) atoms. The van der Waals surface area contributed by atoms with Crippen LogP contribution in [-0.4, -0.2) is 32.3 Å². The minimum absolute atomic E-state index is 0.0817. The zero-order chi connectivity index (χ0) is 14.3. The fourth-order valence-corrected chi connectivity index (χ4v) is 2.85. The summed E-state index contributed by atoms with van der Waals surface area (Å²) in [5, 5.41) is 8.40. The van der Waals surface area contributed by atoms with Crippen LogP contribution < -0.4 is 0 Å². The van der Waals surface area contributed by atoms with Crippen molar-refractivity contribution in [1.29, 1.82) is 0 Å². The van der Waals surface area contributed by atoms with Gasteiger partial charge in [-0.05, 0) is 19.8 Å². The Labute approximate surface area is 121 Å². The van der Waals surface area contributed by atoms with Crippen LogP contribution in [0.2, 0.25) is 5.02 Å². The third-order valence-electron chi connectivity index (χ3n) is 3.47. The predicted octanol–water partition coefficient (Wildman–Crippen LogP) is 2.35. The van der Waals surface area contributed by atoms with Crippen LogP contribution in [0, 0.1) is 6.92 Å². The maximum atomic E-state index is 12.6. The molecule has 1 saturated heterocycles. The molecule has 0 radical (unpaired) electrons. The van der Waals surface area contributed by atoms with Gasteiger partial charge in [0.2, 0.25) is 0 Å². The van der Waals surface area contributed by atoms with E-state index in [-0.39, 0.29) is 17.6 Å². The molecule has 0 saturated carbocycles. The van der Waals surface area contributed by atoms with Crippen LogP contribution >= 0.6 is 11.6 Å². The van der Waals surface area contributed by atoms with Crippen molar-refractivity contribution >= 4 is 17.5 Å². The van der Waals surface area contributed by atoms with Crippen molar-refractivity contribution in [3.05, 3.63) is 34.4 Å². The molecule has 1 aliphatic heterocycles. The number of hydrogen-bond acceptors (Lipinski definition) is 4. The largest absolute Gasteiger partial charge is 0.359 e. The highest BCUT2D eigenvalue weighted by Crippen LogP contribution is 2.34. The summed E-state index contributed by atoms with van der Waals surface area (Å²) in [6.07, 6.45) is 3.42. The molecule has 1 unspecified atom stereocenters. The van der Waals surface area contributed by atoms with Crippen molar-refractivity contribution < 1.29 is 9.32 Å². The lowest BCUT2D eigenvalue weighted by molar-refractivity contribution is 0.0708. The number of nitrogens with zero attached hydrogens (tertiary/aromatic N) is 4. The first-order valence-electron chi connectivity index (χ1n) is 6.49. The van der Waals surface area contributed by atoms with Gasteiger partial charge in [0, 0.05) is 25.9 Å². The zero-order valence-corrected chi connectivity index (χ0v) is 12.1. The van der Waals surface area contributed by atoms with Gasteiger partial charge in [-0.25, -0.2) is 0 Å². The van der Waals surface area contributed by atoms with Gasteiger partial charge in [0.1, 0.15) is 0 Å². The number of halogens is 1. The van der Waals surface area contributed by atoms with Crippen LogP contribution in [0.15, 0.2) is 16.8 Å². The second-order valence-corrected chi connectivity index (χ2v) is 5.43. The minimum atomic E-state index is -0.160. The van der Waals surface area contributed by atoms with Crippen molar-refractivity contribution in [2.45, 2.75) is 25.8 Å². The summed E-state index contributed by atoms with van der Waals surface area (Å²) in [6.45, 7) is 2.54. The Balaban J connectivity index is 1.89. The second kappa shape index (κ2) is 4.94. The van der Waals surface area contributed by atoms with Crippen LogP contribution in [0.25, 0.3) is 0 Å². The summed E-state index contributed by atoms with van der Waals surface area (Å²) < 4.78 is 6.84. The van der Waals surface area contributed by atoms with Crippen LogP contribution in [0.4, 0.5) is 0 Å². The first-order valence-corrected chi connectivity index (χ1v) is 6.87. The normalized spacial score (nSPS) is 18.8. The van der Waals surface area contributed by atoms with E-state index in [1.54, 1.807) is 22.8 Å². The molecule has 1 aliphatic rings. The van der Waals surface area contributed by atoms with Gasteiger partial charge in [0.15, 0.2) is 11.5 Å². The van der Waals surface area contributed by atoms with Crippen molar-refractivity contribution in [1.82, 2.24) is 19.8 Å². The second-order valence-electron chi connectivity index (χ2n) is 5.03. The van der Waals surface area contributed by atoms with Crippen LogP contribution in [-0.2, 0) is 7.05 Å². The van der Waals surface area contributed by atoms with E-state index in [1.807, 2.05) is 13.0 Å². The highest BCUT2D eigenvalue weighted by Gasteiger charge is 2.35. The average Bonchev–Trinajstić information content (AvgIpc) is 3.08. The molecule has 0 aliphatic carbocycles. The summed E-state index contributed by atoms with van der Waals surface area (Å²) in [6, 6.07) is 1.79. The summed E-state index contributed by atoms with van der Waals surface area (Å²) in [5.74, 6) is 0.563. The maximum Gasteiger partial charge on any atom is 0.276 e. The molecule has 1 amide bonds. The lowest BCUT2D eigenvalue weighted by Crippen LogP contribution is -2.31. The Morgan fingerprint density at radius 1 is 1.55 bits per heavy atom. The molecular weight excluding hydrogens is 280 g/mol. The molecule has 106 valence electrons. The summed E-state index contributed by atoms with van der Waals surface area (Å²) >= 11 is 6.05. The summed E-state index contributed by atoms with van der Waals surface area (Å²) in [7, 11) is 1.74. The number of carbonyl (C=O) groups excluding carboxylic acids is 1. The van der Waals surface area contributed by atoms with Gasteiger partial charge in [0.25, 0.3) is 5.91 Å². The third-order valence-corrected chi connectivity index (χ3v) is 3.75. The Kier molecular flexibility index (Phi) is 3.25. The lowest BCUT2D eigenvalue weighted by atomic mass is 10.1. The van der Waals surface area contributed by atoms with Crippen molar-refractivity contribution in [2.24, 2.45) is 7.05 Å². The van der Waals surface area contributed by atoms with E-state index in [9.17, 15) is 4.79 Å². The van der Waals surface area contributed by atoms with Gasteiger partial charge >= 0.3 is 0 Å². The highest BCUT2D eigenvalue weighted by atomic mass is 35.5. The van der Waals surface area contributed by atoms with Crippen molar-refractivity contribution in [2.75, 3.05) is 6.54 Å². The van der Waals surface area contributed by atoms with Gasteiger partial charge in [0.05, 0.1) is 16.8 Å². The molecule has 3 rings (SSSR count). The molecule has 0 spiro atoms. The molecule has 7 heteroatoms. The maximum absolute atomic E-state index is 12.6. The first kappa shape index (κ1) is 13.2. The smallest absolute Gasteiger partial charge is 0.276 e. The number of amides is 1. The van der Waals surface area contributed by atoms with Gasteiger partial charge in [-0.1, -0.05) is 16.8 Å². The van der Waals surface area contributed by atoms with Gasteiger partial charge in [-0.2, -0.15) is 5.10 Å². The minimum Gasteiger partial charge on any atom is -0.359 e. The fourth-order valence-electron chi connectivity index (χ4n) is 2.59. The monoisotopic (exact) mass is 294 g/mol. The Bertz CT molecular complexity index is 649. The zero-order valence-electron chi connectivity index (χ0n) is 11.3. The lowest BCUT2D eigenvalue weighted by Gasteiger charge is -2.21. The van der Waals surface area contributed by atoms with E-state index in [0.29, 0.717) is 11.6 Å². The fraction of sp³-hybridized carbons (Fsp3) is 0.462. The Morgan fingerprint density at radius 3 is 2.95 bits per heavy atom. The van der Waals surface area contributed by atoms with Crippen LogP contribution in [0.1, 0.15) is 40.8 Å². The SMILES string of the molecule is Cc1cc(C2CCCN2C(=O)c2nn(C)cc2Cl)on1. The topological polar surface area (TPSA) is 64.2 Å². The molecular formula is C13H15ClN4O2. The van der Waals surface area contributed by atoms with Gasteiger partial charge in [-0.3, -0.25) is 9.48 Å². The summed E-state index contributed by atoms with van der Waals surface area (Å²) in [5.41, 5.74) is 1.10. The number of carbonyl (C=O) groups is 1. The van der Waals surface area contributed by atoms with E-state index in [4.69, 9.17) is 16.1 Å². The molecule has 2 aromatic heterocycles. The van der Waals surface area contributed by atoms with Crippen LogP contribution in [0.5, 0.6) is 0 Å². The van der Waals surface area contributed by atoms with Crippen LogP contribution in [0.3, 0.4) is 0 Å². The quantitative estimate of drug-likeness (QED) is 0.853. The van der Waals surface area contributed by atoms with E-state index in [0.717, 1.165) is 24.3 Å². The molecule has 0 bridgehead atoms. The number of aryl methyl sites for hydroxylation is 2. The van der Waals surface area contributed by atoms with Gasteiger partial charge < -0.3 is 9.42 Å². The standard InChI is InChI=1S/C13H15ClN4O2/c1-8-6-11(20-16-8)10-4-3-5-18(10)13(19)12-9(14)7-17(2)15-12/h6-7,10H,3-5H2,1-2H3. The molecule has 1 fully saturated rings. The predicted molar refractivity (Wildman–Crippen MR) is 72.5 cm³/mol. The molecule has 0 N–H and O–H groups in total. The first-order chi connectivity index (χ1) is 9.56. The molecule has 6 nitrogen and oxygen atoms in total. The van der Waals surface area contributed by atoms with Gasteiger partial charge in [-0.15, -0.1) is 0 Å². The van der Waals surface area contributed by atoms with E-state index in [2.05, 4.69) is 10.3 Å². The molecule has 0 aromatic carbocycles. The van der Waals surface area contributed by atoms with E-state index < -0.39 is 0 Å². The van der Waals surface area contributed by atoms with Crippen molar-refractivity contribution in [3.63, 3.8) is 0 Å². The Morgan fingerprint density at radius 2 is 2.35 bits per heavy atom. The van der Waals surface area contributed by atoms with E-state index in [1.165, 1.54) is 0 Å². The third kappa shape index (κ3) is 2.20. The van der Waals surface area contributed by atoms with E-state index >= 15 is 0 Å². The molecule has 2 aromatic rings. The number of aromatic nitrogens is 3.